The monoisotopic (exact) mass is 529 g/mol. The summed E-state index contributed by atoms with van der Waals surface area (Å²) >= 11 is 12.5. The van der Waals surface area contributed by atoms with Crippen molar-refractivity contribution in [3.8, 4) is 0 Å². The topological polar surface area (TPSA) is 90.5 Å². The summed E-state index contributed by atoms with van der Waals surface area (Å²) in [6, 6.07) is 14.1. The van der Waals surface area contributed by atoms with Crippen LogP contribution >= 0.6 is 23.2 Å². The first-order valence-corrected chi connectivity index (χ1v) is 12.9. The number of amides is 1. The van der Waals surface area contributed by atoms with E-state index in [1.165, 1.54) is 11.3 Å². The van der Waals surface area contributed by atoms with E-state index in [2.05, 4.69) is 48.6 Å². The highest BCUT2D eigenvalue weighted by Crippen LogP contribution is 2.34. The normalized spacial score (nSPS) is 19.5. The Balaban J connectivity index is 1.23. The average molecular weight is 530 g/mol. The van der Waals surface area contributed by atoms with Crippen LogP contribution < -0.4 is 4.90 Å². The number of hydrogen-bond acceptors (Lipinski definition) is 7. The van der Waals surface area contributed by atoms with E-state index < -0.39 is 0 Å². The standard InChI is InChI=1S/C25H29Cl2N7O2/c1-32-23(16-36-25(32)35)19(17-6-7-20(26)21(27)14-17)8-9-33-10-12-34(13-11-33)22-5-3-2-4-18(22)15-24-28-30-31-29-24/h2-7,14,19,23H,8-13,15-16H2,1H3,(H,28,29,30,31)/t19-,23+/m0/s1. The van der Waals surface area contributed by atoms with Gasteiger partial charge in [0.1, 0.15) is 6.61 Å². The van der Waals surface area contributed by atoms with Gasteiger partial charge < -0.3 is 14.5 Å². The van der Waals surface area contributed by atoms with E-state index in [0.717, 1.165) is 44.7 Å². The van der Waals surface area contributed by atoms with Crippen LogP contribution in [0.1, 0.15) is 29.3 Å². The minimum absolute atomic E-state index is 0.0342. The van der Waals surface area contributed by atoms with Crippen molar-refractivity contribution in [2.75, 3.05) is 51.3 Å². The molecule has 11 heteroatoms. The van der Waals surface area contributed by atoms with Gasteiger partial charge >= 0.3 is 6.09 Å². The summed E-state index contributed by atoms with van der Waals surface area (Å²) in [4.78, 5) is 18.7. The Kier molecular flexibility index (Phi) is 7.59. The summed E-state index contributed by atoms with van der Waals surface area (Å²) in [5, 5.41) is 15.5. The number of halogens is 2. The molecule has 0 bridgehead atoms. The lowest BCUT2D eigenvalue weighted by Gasteiger charge is -2.38. The van der Waals surface area contributed by atoms with Gasteiger partial charge in [0.05, 0.1) is 16.1 Å². The lowest BCUT2D eigenvalue weighted by molar-refractivity contribution is 0.163. The number of rotatable bonds is 8. The maximum absolute atomic E-state index is 12.1. The van der Waals surface area contributed by atoms with Crippen molar-refractivity contribution in [1.29, 1.82) is 0 Å². The summed E-state index contributed by atoms with van der Waals surface area (Å²) in [5.41, 5.74) is 3.49. The Morgan fingerprint density at radius 3 is 2.61 bits per heavy atom. The van der Waals surface area contributed by atoms with Gasteiger partial charge in [-0.15, -0.1) is 10.2 Å². The number of tetrazole rings is 1. The number of anilines is 1. The summed E-state index contributed by atoms with van der Waals surface area (Å²) < 4.78 is 5.33. The Labute approximate surface area is 220 Å². The van der Waals surface area contributed by atoms with E-state index >= 15 is 0 Å². The molecule has 1 N–H and O–H groups in total. The molecule has 5 rings (SSSR count). The molecule has 1 amide bonds. The average Bonchev–Trinajstić information content (AvgIpc) is 3.52. The fraction of sp³-hybridized carbons (Fsp3) is 0.440. The number of aromatic nitrogens is 4. The first-order chi connectivity index (χ1) is 17.5. The minimum Gasteiger partial charge on any atom is -0.447 e. The zero-order valence-electron chi connectivity index (χ0n) is 20.1. The first-order valence-electron chi connectivity index (χ1n) is 12.1. The number of hydrogen-bond donors (Lipinski definition) is 1. The Hall–Kier alpha value is -2.88. The Morgan fingerprint density at radius 2 is 1.92 bits per heavy atom. The predicted octanol–water partition coefficient (Wildman–Crippen LogP) is 3.84. The van der Waals surface area contributed by atoms with Crippen molar-refractivity contribution < 1.29 is 9.53 Å². The second-order valence-electron chi connectivity index (χ2n) is 9.29. The van der Waals surface area contributed by atoms with E-state index in [1.54, 1.807) is 11.9 Å². The van der Waals surface area contributed by atoms with E-state index in [-0.39, 0.29) is 18.1 Å². The zero-order valence-corrected chi connectivity index (χ0v) is 21.6. The van der Waals surface area contributed by atoms with Gasteiger partial charge in [0.15, 0.2) is 5.82 Å². The van der Waals surface area contributed by atoms with Crippen LogP contribution in [0.3, 0.4) is 0 Å². The molecule has 0 spiro atoms. The van der Waals surface area contributed by atoms with Crippen LogP contribution in [0.4, 0.5) is 10.5 Å². The second kappa shape index (κ2) is 11.0. The second-order valence-corrected chi connectivity index (χ2v) is 10.1. The molecular formula is C25H29Cl2N7O2. The van der Waals surface area contributed by atoms with Crippen LogP contribution in [0.5, 0.6) is 0 Å². The van der Waals surface area contributed by atoms with E-state index in [4.69, 9.17) is 27.9 Å². The third kappa shape index (κ3) is 5.43. The van der Waals surface area contributed by atoms with Gasteiger partial charge in [-0.05, 0) is 42.3 Å². The molecule has 2 aromatic carbocycles. The first kappa shape index (κ1) is 24.8. The molecule has 0 radical (unpaired) electrons. The number of nitrogens with zero attached hydrogens (tertiary/aromatic N) is 6. The summed E-state index contributed by atoms with van der Waals surface area (Å²) in [7, 11) is 1.80. The predicted molar refractivity (Wildman–Crippen MR) is 139 cm³/mol. The SMILES string of the molecule is CN1C(=O)OC[C@@H]1[C@@H](CCN1CCN(c2ccccc2Cc2nn[nH]n2)CC1)c1ccc(Cl)c(Cl)c1. The molecule has 0 unspecified atom stereocenters. The van der Waals surface area contributed by atoms with Gasteiger partial charge in [-0.25, -0.2) is 4.79 Å². The number of carbonyl (C=O) groups excluding carboxylic acids is 1. The van der Waals surface area contributed by atoms with E-state index in [1.807, 2.05) is 24.3 Å². The van der Waals surface area contributed by atoms with E-state index in [0.29, 0.717) is 28.9 Å². The molecule has 0 saturated carbocycles. The van der Waals surface area contributed by atoms with E-state index in [9.17, 15) is 4.79 Å². The molecule has 1 aromatic heterocycles. The van der Waals surface area contributed by atoms with Gasteiger partial charge in [0.25, 0.3) is 0 Å². The van der Waals surface area contributed by atoms with Crippen molar-refractivity contribution in [2.24, 2.45) is 0 Å². The van der Waals surface area contributed by atoms with Crippen molar-refractivity contribution in [2.45, 2.75) is 24.8 Å². The van der Waals surface area contributed by atoms with Crippen molar-refractivity contribution in [1.82, 2.24) is 30.4 Å². The highest BCUT2D eigenvalue weighted by molar-refractivity contribution is 6.42. The molecule has 3 heterocycles. The zero-order chi connectivity index (χ0) is 25.1. The Morgan fingerprint density at radius 1 is 1.11 bits per heavy atom. The third-order valence-electron chi connectivity index (χ3n) is 7.20. The maximum atomic E-state index is 12.1. The van der Waals surface area contributed by atoms with Crippen LogP contribution in [0.2, 0.25) is 10.0 Å². The number of carbonyl (C=O) groups is 1. The number of para-hydroxylation sites is 1. The number of H-pyrrole nitrogens is 1. The lowest BCUT2D eigenvalue weighted by Crippen LogP contribution is -2.47. The summed E-state index contributed by atoms with van der Waals surface area (Å²) in [6.45, 7) is 5.09. The fourth-order valence-electron chi connectivity index (χ4n) is 5.15. The molecule has 2 atom stereocenters. The van der Waals surface area contributed by atoms with Gasteiger partial charge in [0.2, 0.25) is 0 Å². The number of ether oxygens (including phenoxy) is 1. The van der Waals surface area contributed by atoms with Crippen molar-refractivity contribution in [3.63, 3.8) is 0 Å². The number of nitrogens with one attached hydrogen (secondary N) is 1. The van der Waals surface area contributed by atoms with Crippen LogP contribution in [-0.2, 0) is 11.2 Å². The molecule has 2 aliphatic heterocycles. The lowest BCUT2D eigenvalue weighted by atomic mass is 9.88. The van der Waals surface area contributed by atoms with Crippen LogP contribution in [0, 0.1) is 0 Å². The van der Waals surface area contributed by atoms with Gasteiger partial charge in [-0.3, -0.25) is 4.90 Å². The minimum atomic E-state index is -0.279. The fourth-order valence-corrected chi connectivity index (χ4v) is 5.45. The highest BCUT2D eigenvalue weighted by Gasteiger charge is 2.37. The molecule has 36 heavy (non-hydrogen) atoms. The molecule has 190 valence electrons. The molecule has 2 fully saturated rings. The molecular weight excluding hydrogens is 501 g/mol. The number of likely N-dealkylation sites (N-methyl/N-ethyl adjacent to an activating group) is 1. The number of aromatic amines is 1. The van der Waals surface area contributed by atoms with Crippen LogP contribution in [0.15, 0.2) is 42.5 Å². The molecule has 2 saturated heterocycles. The molecule has 2 aliphatic rings. The van der Waals surface area contributed by atoms with Crippen molar-refractivity contribution in [3.05, 3.63) is 69.5 Å². The largest absolute Gasteiger partial charge is 0.447 e. The van der Waals surface area contributed by atoms with Crippen molar-refractivity contribution >= 4 is 35.0 Å². The van der Waals surface area contributed by atoms with Gasteiger partial charge in [-0.1, -0.05) is 52.7 Å². The smallest absolute Gasteiger partial charge is 0.409 e. The number of benzene rings is 2. The van der Waals surface area contributed by atoms with Crippen LogP contribution in [0.25, 0.3) is 0 Å². The van der Waals surface area contributed by atoms with Gasteiger partial charge in [0, 0.05) is 51.3 Å². The molecule has 9 nitrogen and oxygen atoms in total. The van der Waals surface area contributed by atoms with Crippen LogP contribution in [-0.4, -0.2) is 88.9 Å². The van der Waals surface area contributed by atoms with Gasteiger partial charge in [-0.2, -0.15) is 5.21 Å². The quantitative estimate of drug-likeness (QED) is 0.473. The summed E-state index contributed by atoms with van der Waals surface area (Å²) in [5.74, 6) is 0.790. The highest BCUT2D eigenvalue weighted by atomic mass is 35.5. The molecule has 0 aliphatic carbocycles. The molecule has 3 aromatic rings. The number of cyclic esters (lactones) is 1. The third-order valence-corrected chi connectivity index (χ3v) is 7.94. The number of piperazine rings is 1. The maximum Gasteiger partial charge on any atom is 0.409 e. The Bertz CT molecular complexity index is 1180. The summed E-state index contributed by atoms with van der Waals surface area (Å²) in [6.07, 6.45) is 1.25.